The van der Waals surface area contributed by atoms with Crippen molar-refractivity contribution in [1.82, 2.24) is 25.4 Å². The number of halogens is 1. The summed E-state index contributed by atoms with van der Waals surface area (Å²) in [5.41, 5.74) is 0. The van der Waals surface area contributed by atoms with Crippen LogP contribution in [0.3, 0.4) is 0 Å². The largest absolute Gasteiger partial charge is 0.377 e. The molecule has 142 valence electrons. The lowest BCUT2D eigenvalue weighted by Gasteiger charge is -2.25. The van der Waals surface area contributed by atoms with Crippen LogP contribution in [-0.2, 0) is 30.7 Å². The van der Waals surface area contributed by atoms with Gasteiger partial charge in [-0.15, -0.1) is 11.3 Å². The summed E-state index contributed by atoms with van der Waals surface area (Å²) < 4.78 is 7.93. The summed E-state index contributed by atoms with van der Waals surface area (Å²) >= 11 is 7.59. The predicted molar refractivity (Wildman–Crippen MR) is 105 cm³/mol. The van der Waals surface area contributed by atoms with Crippen LogP contribution >= 0.6 is 22.9 Å². The number of hydrogen-bond acceptors (Lipinski definition) is 5. The molecule has 0 aliphatic carbocycles. The SMILES string of the molecule is CCNC(=NCCc1ccc(Cl)s1)NC1CCc2nc(COC)nn2C1. The second-order valence-corrected chi connectivity index (χ2v) is 7.96. The summed E-state index contributed by atoms with van der Waals surface area (Å²) in [5.74, 6) is 2.63. The number of aromatic nitrogens is 3. The van der Waals surface area contributed by atoms with Gasteiger partial charge >= 0.3 is 0 Å². The van der Waals surface area contributed by atoms with E-state index in [0.29, 0.717) is 6.61 Å². The summed E-state index contributed by atoms with van der Waals surface area (Å²) in [6, 6.07) is 4.28. The molecule has 0 spiro atoms. The van der Waals surface area contributed by atoms with Crippen molar-refractivity contribution in [2.24, 2.45) is 4.99 Å². The number of aliphatic imine (C=N–C) groups is 1. The minimum atomic E-state index is 0.286. The van der Waals surface area contributed by atoms with Crippen molar-refractivity contribution in [3.63, 3.8) is 0 Å². The molecule has 0 radical (unpaired) electrons. The van der Waals surface area contributed by atoms with Gasteiger partial charge in [0.15, 0.2) is 11.8 Å². The third-order valence-corrected chi connectivity index (χ3v) is 5.41. The van der Waals surface area contributed by atoms with Crippen LogP contribution in [0, 0.1) is 0 Å². The lowest BCUT2D eigenvalue weighted by atomic mass is 10.1. The zero-order chi connectivity index (χ0) is 18.4. The molecule has 1 unspecified atom stereocenters. The first-order valence-corrected chi connectivity index (χ1v) is 10.1. The molecule has 0 bridgehead atoms. The van der Waals surface area contributed by atoms with Crippen LogP contribution in [0.5, 0.6) is 0 Å². The van der Waals surface area contributed by atoms with Crippen molar-refractivity contribution < 1.29 is 4.74 Å². The number of thiophene rings is 1. The fourth-order valence-corrected chi connectivity index (χ4v) is 4.02. The number of hydrogen-bond donors (Lipinski definition) is 2. The molecular formula is C17H25ClN6OS. The quantitative estimate of drug-likeness (QED) is 0.554. The topological polar surface area (TPSA) is 76.4 Å². The third kappa shape index (κ3) is 5.18. The molecule has 26 heavy (non-hydrogen) atoms. The van der Waals surface area contributed by atoms with Crippen molar-refractivity contribution in [3.05, 3.63) is 33.0 Å². The molecule has 7 nitrogen and oxygen atoms in total. The van der Waals surface area contributed by atoms with E-state index in [1.165, 1.54) is 4.88 Å². The van der Waals surface area contributed by atoms with Gasteiger partial charge in [0.2, 0.25) is 0 Å². The lowest BCUT2D eigenvalue weighted by molar-refractivity contribution is 0.177. The Morgan fingerprint density at radius 1 is 1.50 bits per heavy atom. The number of ether oxygens (including phenoxy) is 1. The normalized spacial score (nSPS) is 17.2. The van der Waals surface area contributed by atoms with Gasteiger partial charge in [-0.2, -0.15) is 5.10 Å². The second-order valence-electron chi connectivity index (χ2n) is 6.16. The van der Waals surface area contributed by atoms with E-state index in [2.05, 4.69) is 33.7 Å². The van der Waals surface area contributed by atoms with Crippen LogP contribution in [0.4, 0.5) is 0 Å². The van der Waals surface area contributed by atoms with Crippen molar-refractivity contribution in [3.8, 4) is 0 Å². The van der Waals surface area contributed by atoms with Crippen LogP contribution in [0.1, 0.15) is 29.9 Å². The monoisotopic (exact) mass is 396 g/mol. The standard InChI is InChI=1S/C17H25ClN6OS/c1-3-19-17(20-9-8-13-5-6-14(18)26-13)21-12-4-7-16-22-15(11-25-2)23-24(16)10-12/h5-6,12H,3-4,7-11H2,1-2H3,(H2,19,20,21). The maximum atomic E-state index is 5.98. The van der Waals surface area contributed by atoms with Gasteiger partial charge in [0, 0.05) is 44.0 Å². The number of nitrogens with zero attached hydrogens (tertiary/aromatic N) is 4. The Balaban J connectivity index is 1.56. The van der Waals surface area contributed by atoms with Gasteiger partial charge in [-0.3, -0.25) is 4.99 Å². The molecule has 2 N–H and O–H groups in total. The van der Waals surface area contributed by atoms with E-state index in [4.69, 9.17) is 21.3 Å². The highest BCUT2D eigenvalue weighted by atomic mass is 35.5. The van der Waals surface area contributed by atoms with Crippen LogP contribution in [-0.4, -0.2) is 47.0 Å². The van der Waals surface area contributed by atoms with E-state index in [1.807, 2.05) is 10.7 Å². The summed E-state index contributed by atoms with van der Waals surface area (Å²) in [7, 11) is 1.66. The van der Waals surface area contributed by atoms with Gasteiger partial charge in [-0.05, 0) is 25.5 Å². The highest BCUT2D eigenvalue weighted by Gasteiger charge is 2.22. The first-order chi connectivity index (χ1) is 12.7. The number of methoxy groups -OCH3 is 1. The molecule has 0 amide bonds. The molecule has 9 heteroatoms. The Morgan fingerprint density at radius 3 is 3.12 bits per heavy atom. The van der Waals surface area contributed by atoms with Gasteiger partial charge in [-0.25, -0.2) is 9.67 Å². The molecule has 1 atom stereocenters. The smallest absolute Gasteiger partial charge is 0.191 e. The minimum Gasteiger partial charge on any atom is -0.377 e. The molecule has 2 aromatic heterocycles. The number of nitrogens with one attached hydrogen (secondary N) is 2. The maximum absolute atomic E-state index is 5.98. The Bertz CT molecular complexity index is 743. The van der Waals surface area contributed by atoms with Gasteiger partial charge in [0.1, 0.15) is 12.4 Å². The summed E-state index contributed by atoms with van der Waals surface area (Å²) in [4.78, 5) is 10.5. The van der Waals surface area contributed by atoms with Gasteiger partial charge in [0.05, 0.1) is 10.9 Å². The van der Waals surface area contributed by atoms with E-state index in [9.17, 15) is 0 Å². The van der Waals surface area contributed by atoms with E-state index in [-0.39, 0.29) is 6.04 Å². The van der Waals surface area contributed by atoms with Gasteiger partial charge < -0.3 is 15.4 Å². The zero-order valence-corrected chi connectivity index (χ0v) is 16.7. The number of fused-ring (bicyclic) bond motifs is 1. The van der Waals surface area contributed by atoms with E-state index in [0.717, 1.165) is 60.8 Å². The van der Waals surface area contributed by atoms with Crippen LogP contribution < -0.4 is 10.6 Å². The molecule has 3 heterocycles. The average Bonchev–Trinajstić information content (AvgIpc) is 3.20. The number of rotatable bonds is 7. The third-order valence-electron chi connectivity index (χ3n) is 4.12. The van der Waals surface area contributed by atoms with E-state index < -0.39 is 0 Å². The van der Waals surface area contributed by atoms with Crippen LogP contribution in [0.2, 0.25) is 4.34 Å². The Morgan fingerprint density at radius 2 is 2.38 bits per heavy atom. The zero-order valence-electron chi connectivity index (χ0n) is 15.2. The first-order valence-electron chi connectivity index (χ1n) is 8.88. The minimum absolute atomic E-state index is 0.286. The molecule has 3 rings (SSSR count). The molecule has 1 aliphatic rings. The Hall–Kier alpha value is -1.64. The van der Waals surface area contributed by atoms with Crippen molar-refractivity contribution in [1.29, 1.82) is 0 Å². The fourth-order valence-electron chi connectivity index (χ4n) is 2.95. The molecule has 0 saturated heterocycles. The molecule has 0 saturated carbocycles. The highest BCUT2D eigenvalue weighted by molar-refractivity contribution is 7.16. The van der Waals surface area contributed by atoms with Gasteiger partial charge in [0.25, 0.3) is 0 Å². The van der Waals surface area contributed by atoms with E-state index in [1.54, 1.807) is 18.4 Å². The van der Waals surface area contributed by atoms with Gasteiger partial charge in [-0.1, -0.05) is 11.6 Å². The van der Waals surface area contributed by atoms with Crippen LogP contribution in [0.15, 0.2) is 17.1 Å². The summed E-state index contributed by atoms with van der Waals surface area (Å²) in [5, 5.41) is 11.4. The molecule has 2 aromatic rings. The Labute approximate surface area is 162 Å². The number of aryl methyl sites for hydroxylation is 1. The predicted octanol–water partition coefficient (Wildman–Crippen LogP) is 2.25. The second kappa shape index (κ2) is 9.34. The highest BCUT2D eigenvalue weighted by Crippen LogP contribution is 2.21. The van der Waals surface area contributed by atoms with Crippen LogP contribution in [0.25, 0.3) is 0 Å². The number of guanidine groups is 1. The molecule has 0 fully saturated rings. The van der Waals surface area contributed by atoms with Crippen molar-refractivity contribution in [2.45, 2.75) is 45.4 Å². The van der Waals surface area contributed by atoms with E-state index >= 15 is 0 Å². The summed E-state index contributed by atoms with van der Waals surface area (Å²) in [6.07, 6.45) is 2.81. The lowest BCUT2D eigenvalue weighted by Crippen LogP contribution is -2.47. The molecule has 0 aromatic carbocycles. The maximum Gasteiger partial charge on any atom is 0.191 e. The summed E-state index contributed by atoms with van der Waals surface area (Å²) in [6.45, 7) is 4.87. The molecular weight excluding hydrogens is 372 g/mol. The average molecular weight is 397 g/mol. The fraction of sp³-hybridized carbons (Fsp3) is 0.588. The Kier molecular flexibility index (Phi) is 6.87. The van der Waals surface area contributed by atoms with Crippen molar-refractivity contribution >= 4 is 28.9 Å². The molecule has 1 aliphatic heterocycles. The first kappa shape index (κ1) is 19.1. The van der Waals surface area contributed by atoms with Crippen molar-refractivity contribution in [2.75, 3.05) is 20.2 Å².